The number of hydrogen-bond donors (Lipinski definition) is 0. The van der Waals surface area contributed by atoms with Crippen LogP contribution in [0, 0.1) is 11.8 Å². The molecule has 1 aliphatic rings. The first kappa shape index (κ1) is 39.1. The molecule has 7 nitrogen and oxygen atoms in total. The van der Waals surface area contributed by atoms with Gasteiger partial charge in [-0.25, -0.2) is 9.69 Å². The van der Waals surface area contributed by atoms with E-state index in [0.29, 0.717) is 6.42 Å². The highest BCUT2D eigenvalue weighted by Gasteiger charge is 2.45. The Labute approximate surface area is 276 Å². The van der Waals surface area contributed by atoms with E-state index < -0.39 is 34.7 Å². The van der Waals surface area contributed by atoms with Crippen molar-refractivity contribution >= 4 is 28.6 Å². The first-order chi connectivity index (χ1) is 21.0. The van der Waals surface area contributed by atoms with E-state index in [1.807, 2.05) is 50.3 Å². The van der Waals surface area contributed by atoms with Crippen molar-refractivity contribution in [1.82, 2.24) is 4.90 Å². The Kier molecular flexibility index (Phi) is 14.5. The van der Waals surface area contributed by atoms with Gasteiger partial charge in [0, 0.05) is 13.0 Å². The Morgan fingerprint density at radius 3 is 2.16 bits per heavy atom. The van der Waals surface area contributed by atoms with Gasteiger partial charge in [0.25, 0.3) is 0 Å². The van der Waals surface area contributed by atoms with E-state index >= 15 is 0 Å². The number of rotatable bonds is 17. The molecule has 1 saturated heterocycles. The van der Waals surface area contributed by atoms with Gasteiger partial charge in [-0.1, -0.05) is 97.9 Å². The first-order valence-electron chi connectivity index (χ1n) is 16.7. The molecule has 2 rings (SSSR count). The van der Waals surface area contributed by atoms with E-state index in [0.717, 1.165) is 29.3 Å². The van der Waals surface area contributed by atoms with Crippen LogP contribution in [0.3, 0.4) is 0 Å². The predicted molar refractivity (Wildman–Crippen MR) is 189 cm³/mol. The highest BCUT2D eigenvalue weighted by Crippen LogP contribution is 2.39. The molecule has 0 aliphatic carbocycles. The van der Waals surface area contributed by atoms with E-state index in [1.165, 1.54) is 4.90 Å². The second-order valence-electron chi connectivity index (χ2n) is 14.2. The van der Waals surface area contributed by atoms with Crippen LogP contribution in [0.5, 0.6) is 0 Å². The zero-order chi connectivity index (χ0) is 34.2. The standard InChI is InChI=1S/C36H61NO6Si2/c1-14-31(40-11)33(42-44(12,13)36(8,9)10)27(6)23-26(5)32(43-45(15-2,16-3)17-4)28(7)34(38)37-30(25-41-35(37)39)24-29-21-19-18-20-22-29/h14,18-23,27-28,30-33H,1,15-17,24-25H2,2-13H3/b26-23-/t27?,28?,30-,31+,32+,33+/m1/s1. The second-order valence-corrected chi connectivity index (χ2v) is 23.7. The van der Waals surface area contributed by atoms with Crippen LogP contribution in [0.15, 0.2) is 54.6 Å². The summed E-state index contributed by atoms with van der Waals surface area (Å²) in [7, 11) is -2.63. The van der Waals surface area contributed by atoms with Gasteiger partial charge < -0.3 is 18.3 Å². The van der Waals surface area contributed by atoms with Gasteiger partial charge in [-0.05, 0) is 60.7 Å². The summed E-state index contributed by atoms with van der Waals surface area (Å²) in [6, 6.07) is 12.4. The summed E-state index contributed by atoms with van der Waals surface area (Å²) in [4.78, 5) is 28.6. The third kappa shape index (κ3) is 9.73. The number of hydrogen-bond acceptors (Lipinski definition) is 6. The van der Waals surface area contributed by atoms with Gasteiger partial charge in [0.15, 0.2) is 16.6 Å². The summed E-state index contributed by atoms with van der Waals surface area (Å²) >= 11 is 0. The third-order valence-electron chi connectivity index (χ3n) is 10.2. The average Bonchev–Trinajstić information content (AvgIpc) is 3.36. The number of cyclic esters (lactones) is 1. The molecule has 0 N–H and O–H groups in total. The number of benzene rings is 1. The number of nitrogens with zero attached hydrogens (tertiary/aromatic N) is 1. The molecule has 45 heavy (non-hydrogen) atoms. The van der Waals surface area contributed by atoms with Crippen LogP contribution in [0.1, 0.15) is 67.9 Å². The van der Waals surface area contributed by atoms with Gasteiger partial charge in [-0.2, -0.15) is 0 Å². The maximum atomic E-state index is 14.3. The molecule has 2 amide bonds. The fourth-order valence-electron chi connectivity index (χ4n) is 5.93. The molecule has 1 fully saturated rings. The minimum atomic E-state index is -2.16. The Hall–Kier alpha value is -2.05. The van der Waals surface area contributed by atoms with E-state index in [2.05, 4.69) is 74.2 Å². The Balaban J connectivity index is 2.52. The van der Waals surface area contributed by atoms with Crippen LogP contribution in [0.4, 0.5) is 4.79 Å². The molecule has 254 valence electrons. The van der Waals surface area contributed by atoms with Crippen molar-refractivity contribution in [3.05, 3.63) is 60.2 Å². The number of methoxy groups -OCH3 is 1. The van der Waals surface area contributed by atoms with E-state index in [9.17, 15) is 9.59 Å². The van der Waals surface area contributed by atoms with Crippen molar-refractivity contribution in [2.45, 2.75) is 129 Å². The lowest BCUT2D eigenvalue weighted by Gasteiger charge is -2.42. The molecule has 1 aromatic rings. The molecule has 0 spiro atoms. The second kappa shape index (κ2) is 16.7. The van der Waals surface area contributed by atoms with Gasteiger partial charge in [0.05, 0.1) is 24.2 Å². The molecular formula is C36H61NO6Si2. The first-order valence-corrected chi connectivity index (χ1v) is 22.2. The van der Waals surface area contributed by atoms with E-state index in [1.54, 1.807) is 7.11 Å². The quantitative estimate of drug-likeness (QED) is 0.123. The Morgan fingerprint density at radius 2 is 1.67 bits per heavy atom. The van der Waals surface area contributed by atoms with Crippen molar-refractivity contribution in [2.24, 2.45) is 11.8 Å². The molecule has 6 atom stereocenters. The normalized spacial score (nSPS) is 19.9. The largest absolute Gasteiger partial charge is 0.447 e. The number of imide groups is 1. The average molecular weight is 660 g/mol. The molecule has 9 heteroatoms. The number of carbonyl (C=O) groups excluding carboxylic acids is 2. The molecule has 1 aliphatic heterocycles. The van der Waals surface area contributed by atoms with Crippen molar-refractivity contribution in [1.29, 1.82) is 0 Å². The minimum Gasteiger partial charge on any atom is -0.447 e. The number of ether oxygens (including phenoxy) is 2. The van der Waals surface area contributed by atoms with Crippen molar-refractivity contribution in [3.63, 3.8) is 0 Å². The van der Waals surface area contributed by atoms with Crippen LogP contribution >= 0.6 is 0 Å². The minimum absolute atomic E-state index is 0.0188. The smallest absolute Gasteiger partial charge is 0.416 e. The highest BCUT2D eigenvalue weighted by molar-refractivity contribution is 6.74. The lowest BCUT2D eigenvalue weighted by atomic mass is 9.91. The zero-order valence-electron chi connectivity index (χ0n) is 30.1. The summed E-state index contributed by atoms with van der Waals surface area (Å²) in [5.74, 6) is -0.907. The number of amides is 2. The lowest BCUT2D eigenvalue weighted by Crippen LogP contribution is -2.50. The Bertz CT molecular complexity index is 1140. The predicted octanol–water partition coefficient (Wildman–Crippen LogP) is 8.78. The van der Waals surface area contributed by atoms with Crippen LogP contribution < -0.4 is 0 Å². The maximum absolute atomic E-state index is 14.3. The topological polar surface area (TPSA) is 74.3 Å². The van der Waals surface area contributed by atoms with Crippen LogP contribution in [-0.2, 0) is 29.5 Å². The molecule has 0 radical (unpaired) electrons. The van der Waals surface area contributed by atoms with Gasteiger partial charge >= 0.3 is 6.09 Å². The fraction of sp³-hybridized carbons (Fsp3) is 0.667. The lowest BCUT2D eigenvalue weighted by molar-refractivity contribution is -0.135. The summed E-state index contributed by atoms with van der Waals surface area (Å²) < 4.78 is 25.4. The molecule has 1 heterocycles. The summed E-state index contributed by atoms with van der Waals surface area (Å²) in [6.45, 7) is 28.1. The van der Waals surface area contributed by atoms with Crippen LogP contribution in [0.25, 0.3) is 0 Å². The van der Waals surface area contributed by atoms with Crippen molar-refractivity contribution < 1.29 is 27.9 Å². The zero-order valence-corrected chi connectivity index (χ0v) is 32.1. The van der Waals surface area contributed by atoms with Gasteiger partial charge in [-0.15, -0.1) is 6.58 Å². The van der Waals surface area contributed by atoms with E-state index in [4.69, 9.17) is 18.3 Å². The molecule has 1 aromatic carbocycles. The van der Waals surface area contributed by atoms with Crippen LogP contribution in [-0.4, -0.2) is 71.6 Å². The van der Waals surface area contributed by atoms with Gasteiger partial charge in [0.1, 0.15) is 12.7 Å². The number of carbonyl (C=O) groups is 2. The summed E-state index contributed by atoms with van der Waals surface area (Å²) in [5, 5.41) is 0.0188. The molecule has 2 unspecified atom stereocenters. The maximum Gasteiger partial charge on any atom is 0.416 e. The van der Waals surface area contributed by atoms with Crippen LogP contribution in [0.2, 0.25) is 36.3 Å². The highest BCUT2D eigenvalue weighted by atomic mass is 28.4. The molecular weight excluding hydrogens is 599 g/mol. The fourth-order valence-corrected chi connectivity index (χ4v) is 10.2. The monoisotopic (exact) mass is 659 g/mol. The molecule has 0 bridgehead atoms. The van der Waals surface area contributed by atoms with Gasteiger partial charge in [-0.3, -0.25) is 4.79 Å². The molecule has 0 saturated carbocycles. The van der Waals surface area contributed by atoms with Crippen molar-refractivity contribution in [2.75, 3.05) is 13.7 Å². The summed E-state index contributed by atoms with van der Waals surface area (Å²) in [5.41, 5.74) is 2.02. The Morgan fingerprint density at radius 1 is 1.09 bits per heavy atom. The third-order valence-corrected chi connectivity index (χ3v) is 19.3. The molecule has 0 aromatic heterocycles. The van der Waals surface area contributed by atoms with Crippen molar-refractivity contribution in [3.8, 4) is 0 Å². The van der Waals surface area contributed by atoms with E-state index in [-0.39, 0.29) is 41.7 Å². The summed E-state index contributed by atoms with van der Waals surface area (Å²) in [6.07, 6.45) is 2.92. The SMILES string of the molecule is C=C[C@H](OC)[C@@H](O[Si](C)(C)C(C)(C)C)C(C)/C=C(/C)[C@H](O[Si](CC)(CC)CC)C(C)C(=O)N1C(=O)OC[C@H]1Cc1ccccc1. The van der Waals surface area contributed by atoms with Gasteiger partial charge in [0.2, 0.25) is 5.91 Å².